The standard InChI is InChI=1S/C12H9F3N4O/c1-11(18,12(13,14)15)10(20)19-9-3-2-7(5-16)8(4-9)6-17/h2-4H,18H2,1H3,(H,19,20). The van der Waals surface area contributed by atoms with Gasteiger partial charge in [-0.05, 0) is 25.1 Å². The maximum atomic E-state index is 12.6. The molecule has 1 rings (SSSR count). The molecule has 0 fully saturated rings. The number of hydrogen-bond donors (Lipinski definition) is 2. The number of anilines is 1. The zero-order valence-electron chi connectivity index (χ0n) is 10.2. The van der Waals surface area contributed by atoms with Crippen molar-refractivity contribution in [2.45, 2.75) is 18.6 Å². The van der Waals surface area contributed by atoms with Crippen molar-refractivity contribution < 1.29 is 18.0 Å². The Morgan fingerprint density at radius 3 is 2.25 bits per heavy atom. The Kier molecular flexibility index (Phi) is 4.02. The van der Waals surface area contributed by atoms with Crippen molar-refractivity contribution in [1.82, 2.24) is 0 Å². The summed E-state index contributed by atoms with van der Waals surface area (Å²) < 4.78 is 37.7. The van der Waals surface area contributed by atoms with E-state index in [0.717, 1.165) is 6.07 Å². The molecule has 1 amide bonds. The Bertz CT molecular complexity index is 623. The van der Waals surface area contributed by atoms with Gasteiger partial charge < -0.3 is 11.1 Å². The van der Waals surface area contributed by atoms with Crippen LogP contribution in [0, 0.1) is 22.7 Å². The molecule has 3 N–H and O–H groups in total. The average molecular weight is 282 g/mol. The van der Waals surface area contributed by atoms with Gasteiger partial charge in [0.1, 0.15) is 12.1 Å². The summed E-state index contributed by atoms with van der Waals surface area (Å²) in [5.74, 6) is -1.46. The fraction of sp³-hybridized carbons (Fsp3) is 0.250. The maximum absolute atomic E-state index is 12.6. The van der Waals surface area contributed by atoms with Gasteiger partial charge in [0.25, 0.3) is 5.91 Å². The molecule has 0 aliphatic heterocycles. The van der Waals surface area contributed by atoms with Gasteiger partial charge in [-0.25, -0.2) is 0 Å². The third kappa shape index (κ3) is 2.87. The number of rotatable bonds is 2. The Labute approximate surface area is 112 Å². The number of nitriles is 2. The number of carbonyl (C=O) groups is 1. The van der Waals surface area contributed by atoms with Crippen molar-refractivity contribution >= 4 is 11.6 Å². The lowest BCUT2D eigenvalue weighted by atomic mass is 10.0. The topological polar surface area (TPSA) is 103 Å². The van der Waals surface area contributed by atoms with Crippen LogP contribution in [0.5, 0.6) is 0 Å². The minimum Gasteiger partial charge on any atom is -0.324 e. The zero-order chi connectivity index (χ0) is 15.6. The molecule has 104 valence electrons. The lowest BCUT2D eigenvalue weighted by Gasteiger charge is -2.26. The largest absolute Gasteiger partial charge is 0.415 e. The molecule has 0 aliphatic rings. The van der Waals surface area contributed by atoms with Gasteiger partial charge in [0, 0.05) is 5.69 Å². The Morgan fingerprint density at radius 2 is 1.80 bits per heavy atom. The molecule has 0 radical (unpaired) electrons. The molecule has 0 bridgehead atoms. The van der Waals surface area contributed by atoms with E-state index in [1.165, 1.54) is 12.1 Å². The van der Waals surface area contributed by atoms with Gasteiger partial charge in [-0.15, -0.1) is 0 Å². The minimum atomic E-state index is -4.91. The molecule has 1 unspecified atom stereocenters. The lowest BCUT2D eigenvalue weighted by molar-refractivity contribution is -0.184. The molecule has 0 aliphatic carbocycles. The molecular formula is C12H9F3N4O. The Balaban J connectivity index is 3.05. The van der Waals surface area contributed by atoms with Gasteiger partial charge in [0.15, 0.2) is 5.54 Å². The van der Waals surface area contributed by atoms with Crippen LogP contribution in [-0.2, 0) is 4.79 Å². The van der Waals surface area contributed by atoms with E-state index in [2.05, 4.69) is 0 Å². The molecule has 0 saturated carbocycles. The first-order valence-electron chi connectivity index (χ1n) is 5.24. The predicted octanol–water partition coefficient (Wildman–Crippen LogP) is 1.65. The van der Waals surface area contributed by atoms with E-state index >= 15 is 0 Å². The summed E-state index contributed by atoms with van der Waals surface area (Å²) in [6.45, 7) is 0.539. The van der Waals surface area contributed by atoms with E-state index in [1.54, 1.807) is 12.1 Å². The van der Waals surface area contributed by atoms with Crippen molar-refractivity contribution in [3.05, 3.63) is 29.3 Å². The van der Waals surface area contributed by atoms with Crippen LogP contribution >= 0.6 is 0 Å². The molecule has 1 aromatic rings. The smallest absolute Gasteiger partial charge is 0.324 e. The Hall–Kier alpha value is -2.58. The Morgan fingerprint density at radius 1 is 1.25 bits per heavy atom. The van der Waals surface area contributed by atoms with Crippen LogP contribution in [0.2, 0.25) is 0 Å². The molecule has 1 atom stereocenters. The highest BCUT2D eigenvalue weighted by Crippen LogP contribution is 2.29. The normalized spacial score (nSPS) is 13.8. The highest BCUT2D eigenvalue weighted by molar-refractivity contribution is 5.98. The molecule has 0 heterocycles. The number of nitrogens with zero attached hydrogens (tertiary/aromatic N) is 2. The minimum absolute atomic E-state index is 0.0496. The van der Waals surface area contributed by atoms with Crippen LogP contribution in [0.25, 0.3) is 0 Å². The third-order valence-electron chi connectivity index (χ3n) is 2.58. The number of halogens is 3. The fourth-order valence-electron chi connectivity index (χ4n) is 1.20. The van der Waals surface area contributed by atoms with Crippen molar-refractivity contribution in [2.24, 2.45) is 5.73 Å². The van der Waals surface area contributed by atoms with Crippen LogP contribution in [0.3, 0.4) is 0 Å². The molecular weight excluding hydrogens is 273 g/mol. The molecule has 20 heavy (non-hydrogen) atoms. The van der Waals surface area contributed by atoms with Crippen molar-refractivity contribution in [3.63, 3.8) is 0 Å². The van der Waals surface area contributed by atoms with Crippen molar-refractivity contribution in [2.75, 3.05) is 5.32 Å². The first kappa shape index (κ1) is 15.5. The summed E-state index contributed by atoms with van der Waals surface area (Å²) in [5, 5.41) is 19.5. The fourth-order valence-corrected chi connectivity index (χ4v) is 1.20. The highest BCUT2D eigenvalue weighted by atomic mass is 19.4. The summed E-state index contributed by atoms with van der Waals surface area (Å²) in [7, 11) is 0. The van der Waals surface area contributed by atoms with Gasteiger partial charge in [0.05, 0.1) is 11.1 Å². The predicted molar refractivity (Wildman–Crippen MR) is 63.1 cm³/mol. The second-order valence-corrected chi connectivity index (χ2v) is 4.14. The maximum Gasteiger partial charge on any atom is 0.415 e. The number of nitrogens with one attached hydrogen (secondary N) is 1. The number of alkyl halides is 3. The van der Waals surface area contributed by atoms with Gasteiger partial charge in [0.2, 0.25) is 0 Å². The molecule has 0 saturated heterocycles. The molecule has 8 heteroatoms. The van der Waals surface area contributed by atoms with Crippen LogP contribution < -0.4 is 11.1 Å². The monoisotopic (exact) mass is 282 g/mol. The second kappa shape index (κ2) is 5.19. The van der Waals surface area contributed by atoms with Gasteiger partial charge in [-0.3, -0.25) is 4.79 Å². The number of benzene rings is 1. The molecule has 0 spiro atoms. The number of amides is 1. The van der Waals surface area contributed by atoms with Crippen molar-refractivity contribution in [3.8, 4) is 12.1 Å². The van der Waals surface area contributed by atoms with Crippen LogP contribution in [0.4, 0.5) is 18.9 Å². The lowest BCUT2D eigenvalue weighted by Crippen LogP contribution is -2.59. The van der Waals surface area contributed by atoms with Gasteiger partial charge >= 0.3 is 6.18 Å². The third-order valence-corrected chi connectivity index (χ3v) is 2.58. The van der Waals surface area contributed by atoms with E-state index in [4.69, 9.17) is 16.3 Å². The molecule has 5 nitrogen and oxygen atoms in total. The first-order chi connectivity index (χ1) is 9.13. The van der Waals surface area contributed by atoms with Gasteiger partial charge in [-0.2, -0.15) is 23.7 Å². The summed E-state index contributed by atoms with van der Waals surface area (Å²) in [6, 6.07) is 6.97. The average Bonchev–Trinajstić information content (AvgIpc) is 2.37. The number of carbonyl (C=O) groups excluding carboxylic acids is 1. The summed E-state index contributed by atoms with van der Waals surface area (Å²) in [4.78, 5) is 11.5. The van der Waals surface area contributed by atoms with E-state index in [-0.39, 0.29) is 16.8 Å². The van der Waals surface area contributed by atoms with Crippen LogP contribution in [0.1, 0.15) is 18.1 Å². The summed E-state index contributed by atoms with van der Waals surface area (Å²) in [6.07, 6.45) is -4.91. The summed E-state index contributed by atoms with van der Waals surface area (Å²) in [5.41, 5.74) is 1.84. The van der Waals surface area contributed by atoms with E-state index in [0.29, 0.717) is 6.92 Å². The highest BCUT2D eigenvalue weighted by Gasteiger charge is 2.53. The molecule has 0 aromatic heterocycles. The first-order valence-corrected chi connectivity index (χ1v) is 5.24. The SMILES string of the molecule is CC(N)(C(=O)Nc1ccc(C#N)c(C#N)c1)C(F)(F)F. The van der Waals surface area contributed by atoms with E-state index in [1.807, 2.05) is 5.32 Å². The van der Waals surface area contributed by atoms with Gasteiger partial charge in [-0.1, -0.05) is 0 Å². The van der Waals surface area contributed by atoms with E-state index in [9.17, 15) is 18.0 Å². The summed E-state index contributed by atoms with van der Waals surface area (Å²) >= 11 is 0. The van der Waals surface area contributed by atoms with Crippen LogP contribution in [0.15, 0.2) is 18.2 Å². The van der Waals surface area contributed by atoms with Crippen LogP contribution in [-0.4, -0.2) is 17.6 Å². The molecule has 1 aromatic carbocycles. The zero-order valence-corrected chi connectivity index (χ0v) is 10.2. The number of hydrogen-bond acceptors (Lipinski definition) is 4. The van der Waals surface area contributed by atoms with E-state index < -0.39 is 17.6 Å². The van der Waals surface area contributed by atoms with Crippen molar-refractivity contribution in [1.29, 1.82) is 10.5 Å². The quantitative estimate of drug-likeness (QED) is 0.860. The second-order valence-electron chi connectivity index (χ2n) is 4.14. The number of nitrogens with two attached hydrogens (primary N) is 1.